The first kappa shape index (κ1) is 14.2. The van der Waals surface area contributed by atoms with Gasteiger partial charge in [0, 0.05) is 37.9 Å². The highest BCUT2D eigenvalue weighted by Gasteiger charge is 2.19. The molecule has 1 heterocycles. The van der Waals surface area contributed by atoms with Crippen LogP contribution >= 0.6 is 0 Å². The van der Waals surface area contributed by atoms with Gasteiger partial charge in [0.1, 0.15) is 0 Å². The molecule has 0 amide bonds. The maximum absolute atomic E-state index is 5.90. The highest BCUT2D eigenvalue weighted by atomic mass is 15.3. The Hall–Kier alpha value is -0.910. The van der Waals surface area contributed by atoms with E-state index in [0.717, 1.165) is 13.1 Å². The fourth-order valence-electron chi connectivity index (χ4n) is 1.90. The molecule has 5 nitrogen and oxygen atoms in total. The molecule has 0 saturated heterocycles. The van der Waals surface area contributed by atoms with E-state index < -0.39 is 0 Å². The molecule has 0 spiro atoms. The second-order valence-electron chi connectivity index (χ2n) is 4.84. The molecule has 0 saturated carbocycles. The second-order valence-corrected chi connectivity index (χ2v) is 4.84. The standard InChI is InChI=1S/C12H25N5/c1-10-11(9-14-17(10)5)12(8-13)16(4)7-6-15(2)3/h9,12H,6-8,13H2,1-5H3. The molecule has 0 aromatic carbocycles. The predicted octanol–water partition coefficient (Wildman–Crippen LogP) is 0.222. The minimum Gasteiger partial charge on any atom is -0.329 e. The molecule has 1 rings (SSSR count). The number of hydrogen-bond acceptors (Lipinski definition) is 4. The Morgan fingerprint density at radius 2 is 2.00 bits per heavy atom. The van der Waals surface area contributed by atoms with Crippen molar-refractivity contribution in [3.63, 3.8) is 0 Å². The lowest BCUT2D eigenvalue weighted by Crippen LogP contribution is -2.35. The van der Waals surface area contributed by atoms with Gasteiger partial charge in [-0.05, 0) is 28.1 Å². The molecule has 2 N–H and O–H groups in total. The summed E-state index contributed by atoms with van der Waals surface area (Å²) >= 11 is 0. The van der Waals surface area contributed by atoms with Gasteiger partial charge in [0.05, 0.1) is 12.2 Å². The number of rotatable bonds is 6. The molecular weight excluding hydrogens is 214 g/mol. The number of hydrogen-bond donors (Lipinski definition) is 1. The van der Waals surface area contributed by atoms with Gasteiger partial charge in [-0.15, -0.1) is 0 Å². The Morgan fingerprint density at radius 1 is 1.35 bits per heavy atom. The van der Waals surface area contributed by atoms with Crippen molar-refractivity contribution in [2.24, 2.45) is 12.8 Å². The van der Waals surface area contributed by atoms with E-state index in [9.17, 15) is 0 Å². The van der Waals surface area contributed by atoms with Crippen LogP contribution in [0.15, 0.2) is 6.20 Å². The van der Waals surface area contributed by atoms with Gasteiger partial charge in [-0.1, -0.05) is 0 Å². The molecule has 0 fully saturated rings. The summed E-state index contributed by atoms with van der Waals surface area (Å²) in [4.78, 5) is 4.48. The summed E-state index contributed by atoms with van der Waals surface area (Å²) in [6.45, 7) is 4.75. The highest BCUT2D eigenvalue weighted by molar-refractivity contribution is 5.20. The van der Waals surface area contributed by atoms with Gasteiger partial charge in [-0.3, -0.25) is 9.58 Å². The summed E-state index contributed by atoms with van der Waals surface area (Å²) in [5.41, 5.74) is 8.32. The van der Waals surface area contributed by atoms with Crippen LogP contribution in [0.25, 0.3) is 0 Å². The van der Waals surface area contributed by atoms with Gasteiger partial charge in [-0.2, -0.15) is 5.10 Å². The van der Waals surface area contributed by atoms with Gasteiger partial charge >= 0.3 is 0 Å². The first-order valence-corrected chi connectivity index (χ1v) is 6.01. The summed E-state index contributed by atoms with van der Waals surface area (Å²) in [6, 6.07) is 0.253. The minimum atomic E-state index is 0.253. The largest absolute Gasteiger partial charge is 0.329 e. The Bertz CT molecular complexity index is 345. The van der Waals surface area contributed by atoms with E-state index in [1.807, 2.05) is 17.9 Å². The van der Waals surface area contributed by atoms with Crippen molar-refractivity contribution in [3.8, 4) is 0 Å². The number of nitrogens with zero attached hydrogens (tertiary/aromatic N) is 4. The van der Waals surface area contributed by atoms with Gasteiger partial charge in [0.25, 0.3) is 0 Å². The third-order valence-corrected chi connectivity index (χ3v) is 3.29. The van der Waals surface area contributed by atoms with Crippen LogP contribution in [0.2, 0.25) is 0 Å². The van der Waals surface area contributed by atoms with E-state index in [1.54, 1.807) is 0 Å². The molecule has 0 aliphatic heterocycles. The predicted molar refractivity (Wildman–Crippen MR) is 70.9 cm³/mol. The van der Waals surface area contributed by atoms with Gasteiger partial charge < -0.3 is 10.6 Å². The zero-order valence-electron chi connectivity index (χ0n) is 11.6. The van der Waals surface area contributed by atoms with E-state index in [4.69, 9.17) is 5.73 Å². The molecule has 5 heteroatoms. The van der Waals surface area contributed by atoms with Crippen LogP contribution in [-0.2, 0) is 7.05 Å². The van der Waals surface area contributed by atoms with Crippen molar-refractivity contribution < 1.29 is 0 Å². The molecule has 1 aromatic rings. The molecule has 0 bridgehead atoms. The lowest BCUT2D eigenvalue weighted by Gasteiger charge is -2.28. The summed E-state index contributed by atoms with van der Waals surface area (Å²) in [5.74, 6) is 0. The molecule has 98 valence electrons. The first-order valence-electron chi connectivity index (χ1n) is 6.01. The van der Waals surface area contributed by atoms with Crippen LogP contribution in [0.1, 0.15) is 17.3 Å². The summed E-state index contributed by atoms with van der Waals surface area (Å²) in [7, 11) is 8.25. The molecule has 0 radical (unpaired) electrons. The molecule has 0 aliphatic rings. The second kappa shape index (κ2) is 6.14. The highest BCUT2D eigenvalue weighted by Crippen LogP contribution is 2.20. The minimum absolute atomic E-state index is 0.253. The molecular formula is C12H25N5. The molecule has 17 heavy (non-hydrogen) atoms. The van der Waals surface area contributed by atoms with E-state index in [0.29, 0.717) is 6.54 Å². The molecule has 1 unspecified atom stereocenters. The summed E-state index contributed by atoms with van der Waals surface area (Å²) in [6.07, 6.45) is 1.93. The number of aromatic nitrogens is 2. The smallest absolute Gasteiger partial charge is 0.0540 e. The monoisotopic (exact) mass is 239 g/mol. The Kier molecular flexibility index (Phi) is 5.11. The maximum Gasteiger partial charge on any atom is 0.0540 e. The van der Waals surface area contributed by atoms with Crippen molar-refractivity contribution in [2.45, 2.75) is 13.0 Å². The number of aryl methyl sites for hydroxylation is 1. The average Bonchev–Trinajstić information content (AvgIpc) is 2.59. The topological polar surface area (TPSA) is 50.3 Å². The van der Waals surface area contributed by atoms with E-state index in [-0.39, 0.29) is 6.04 Å². The normalized spacial score (nSPS) is 13.6. The van der Waals surface area contributed by atoms with Crippen LogP contribution in [0, 0.1) is 6.92 Å². The first-order chi connectivity index (χ1) is 7.97. The van der Waals surface area contributed by atoms with Crippen molar-refractivity contribution in [1.82, 2.24) is 19.6 Å². The molecule has 1 atom stereocenters. The van der Waals surface area contributed by atoms with E-state index in [1.165, 1.54) is 11.3 Å². The average molecular weight is 239 g/mol. The zero-order chi connectivity index (χ0) is 13.0. The van der Waals surface area contributed by atoms with Crippen LogP contribution in [0.4, 0.5) is 0 Å². The van der Waals surface area contributed by atoms with Crippen LogP contribution < -0.4 is 5.73 Å². The molecule has 0 aliphatic carbocycles. The van der Waals surface area contributed by atoms with Crippen molar-refractivity contribution in [2.75, 3.05) is 40.8 Å². The Balaban J connectivity index is 2.74. The Labute approximate surface area is 104 Å². The van der Waals surface area contributed by atoms with Crippen LogP contribution in [-0.4, -0.2) is 60.4 Å². The fourth-order valence-corrected chi connectivity index (χ4v) is 1.90. The number of nitrogens with two attached hydrogens (primary N) is 1. The van der Waals surface area contributed by atoms with Gasteiger partial charge in [0.2, 0.25) is 0 Å². The quantitative estimate of drug-likeness (QED) is 0.771. The summed E-state index contributed by atoms with van der Waals surface area (Å²) < 4.78 is 1.90. The Morgan fingerprint density at radius 3 is 2.41 bits per heavy atom. The third kappa shape index (κ3) is 3.52. The van der Waals surface area contributed by atoms with Crippen LogP contribution in [0.3, 0.4) is 0 Å². The van der Waals surface area contributed by atoms with Crippen molar-refractivity contribution >= 4 is 0 Å². The third-order valence-electron chi connectivity index (χ3n) is 3.29. The van der Waals surface area contributed by atoms with Crippen molar-refractivity contribution in [3.05, 3.63) is 17.5 Å². The van der Waals surface area contributed by atoms with Gasteiger partial charge in [-0.25, -0.2) is 0 Å². The number of likely N-dealkylation sites (N-methyl/N-ethyl adjacent to an activating group) is 2. The van der Waals surface area contributed by atoms with Crippen LogP contribution in [0.5, 0.6) is 0 Å². The lowest BCUT2D eigenvalue weighted by molar-refractivity contribution is 0.222. The van der Waals surface area contributed by atoms with E-state index in [2.05, 4.69) is 43.0 Å². The van der Waals surface area contributed by atoms with Gasteiger partial charge in [0.15, 0.2) is 0 Å². The summed E-state index contributed by atoms with van der Waals surface area (Å²) in [5, 5.41) is 4.29. The molecule has 1 aromatic heterocycles. The lowest BCUT2D eigenvalue weighted by atomic mass is 10.1. The fraction of sp³-hybridized carbons (Fsp3) is 0.750. The SMILES string of the molecule is Cc1c(C(CN)N(C)CCN(C)C)cnn1C. The van der Waals surface area contributed by atoms with E-state index >= 15 is 0 Å². The van der Waals surface area contributed by atoms with Crippen molar-refractivity contribution in [1.29, 1.82) is 0 Å². The maximum atomic E-state index is 5.90. The zero-order valence-corrected chi connectivity index (χ0v) is 11.6.